The number of fused-ring (bicyclic) bond motifs is 1. The van der Waals surface area contributed by atoms with Gasteiger partial charge in [-0.2, -0.15) is 5.26 Å². The van der Waals surface area contributed by atoms with Crippen molar-refractivity contribution >= 4 is 17.1 Å². The second kappa shape index (κ2) is 3.55. The first kappa shape index (κ1) is 9.98. The summed E-state index contributed by atoms with van der Waals surface area (Å²) in [4.78, 5) is 22.0. The van der Waals surface area contributed by atoms with Crippen molar-refractivity contribution in [3.8, 4) is 6.07 Å². The minimum Gasteiger partial charge on any atom is -0.478 e. The molecule has 1 heterocycles. The van der Waals surface area contributed by atoms with E-state index in [0.29, 0.717) is 5.52 Å². The molecule has 1 N–H and O–H groups in total. The van der Waals surface area contributed by atoms with Crippen molar-refractivity contribution in [1.82, 2.24) is 4.57 Å². The smallest absolute Gasteiger partial charge is 0.420 e. The van der Waals surface area contributed by atoms with Crippen LogP contribution in [0.25, 0.3) is 11.1 Å². The van der Waals surface area contributed by atoms with E-state index >= 15 is 0 Å². The van der Waals surface area contributed by atoms with Gasteiger partial charge in [-0.15, -0.1) is 0 Å². The number of aromatic carboxylic acids is 1. The zero-order valence-corrected chi connectivity index (χ0v) is 8.01. The Morgan fingerprint density at radius 1 is 1.56 bits per heavy atom. The van der Waals surface area contributed by atoms with Gasteiger partial charge < -0.3 is 9.52 Å². The maximum absolute atomic E-state index is 11.3. The fourth-order valence-corrected chi connectivity index (χ4v) is 1.42. The summed E-state index contributed by atoms with van der Waals surface area (Å²) in [6, 6.07) is 5.88. The van der Waals surface area contributed by atoms with Crippen LogP contribution in [-0.4, -0.2) is 15.6 Å². The van der Waals surface area contributed by atoms with Gasteiger partial charge in [-0.3, -0.25) is 4.57 Å². The van der Waals surface area contributed by atoms with E-state index in [2.05, 4.69) is 0 Å². The molecule has 1 aromatic carbocycles. The average Bonchev–Trinajstić information content (AvgIpc) is 2.55. The summed E-state index contributed by atoms with van der Waals surface area (Å²) >= 11 is 0. The molecular weight excluding hydrogens is 212 g/mol. The first-order valence-electron chi connectivity index (χ1n) is 4.37. The molecule has 0 amide bonds. The van der Waals surface area contributed by atoms with Crippen LogP contribution in [-0.2, 0) is 6.54 Å². The van der Waals surface area contributed by atoms with Gasteiger partial charge in [0.15, 0.2) is 5.58 Å². The van der Waals surface area contributed by atoms with Gasteiger partial charge in [0.1, 0.15) is 6.54 Å². The predicted molar refractivity (Wildman–Crippen MR) is 53.0 cm³/mol. The molecule has 0 aliphatic heterocycles. The number of rotatable bonds is 2. The van der Waals surface area contributed by atoms with Crippen molar-refractivity contribution in [2.45, 2.75) is 6.54 Å². The molecule has 0 saturated carbocycles. The van der Waals surface area contributed by atoms with E-state index < -0.39 is 11.7 Å². The third kappa shape index (κ3) is 1.44. The Labute approximate surface area is 88.9 Å². The fraction of sp³-hybridized carbons (Fsp3) is 0.100. The monoisotopic (exact) mass is 218 g/mol. The predicted octanol–water partition coefficient (Wildman–Crippen LogP) is 0.816. The minimum absolute atomic E-state index is 0.0327. The highest BCUT2D eigenvalue weighted by Gasteiger charge is 2.11. The van der Waals surface area contributed by atoms with Crippen molar-refractivity contribution in [1.29, 1.82) is 5.26 Å². The molecule has 80 valence electrons. The van der Waals surface area contributed by atoms with Crippen molar-refractivity contribution in [3.63, 3.8) is 0 Å². The van der Waals surface area contributed by atoms with E-state index in [1.165, 1.54) is 18.2 Å². The molecule has 0 radical (unpaired) electrons. The van der Waals surface area contributed by atoms with E-state index in [1.807, 2.05) is 6.07 Å². The van der Waals surface area contributed by atoms with Crippen LogP contribution in [0.15, 0.2) is 27.4 Å². The van der Waals surface area contributed by atoms with Crippen LogP contribution in [0.4, 0.5) is 0 Å². The van der Waals surface area contributed by atoms with Crippen molar-refractivity contribution < 1.29 is 14.3 Å². The second-order valence-corrected chi connectivity index (χ2v) is 3.10. The molecule has 6 heteroatoms. The number of carboxylic acids is 1. The number of hydrogen-bond acceptors (Lipinski definition) is 4. The van der Waals surface area contributed by atoms with Gasteiger partial charge >= 0.3 is 11.7 Å². The zero-order valence-electron chi connectivity index (χ0n) is 8.01. The highest BCUT2D eigenvalue weighted by atomic mass is 16.4. The standard InChI is InChI=1S/C10H6N2O4/c11-3-4-12-7-2-1-6(9(13)14)5-8(7)16-10(12)15/h1-2,5H,4H2,(H,13,14). The van der Waals surface area contributed by atoms with Crippen LogP contribution < -0.4 is 5.76 Å². The van der Waals surface area contributed by atoms with Crippen LogP contribution in [0.5, 0.6) is 0 Å². The first-order chi connectivity index (χ1) is 7.63. The minimum atomic E-state index is -1.10. The maximum atomic E-state index is 11.3. The van der Waals surface area contributed by atoms with E-state index in [4.69, 9.17) is 14.8 Å². The molecule has 0 aliphatic rings. The number of hydrogen-bond donors (Lipinski definition) is 1. The van der Waals surface area contributed by atoms with Crippen LogP contribution in [0.2, 0.25) is 0 Å². The lowest BCUT2D eigenvalue weighted by Gasteiger charge is -1.95. The van der Waals surface area contributed by atoms with Crippen molar-refractivity contribution in [2.75, 3.05) is 0 Å². The lowest BCUT2D eigenvalue weighted by atomic mass is 10.2. The van der Waals surface area contributed by atoms with Gasteiger partial charge in [-0.25, -0.2) is 9.59 Å². The fourth-order valence-electron chi connectivity index (χ4n) is 1.42. The molecule has 0 bridgehead atoms. The molecule has 2 aromatic rings. The first-order valence-corrected chi connectivity index (χ1v) is 4.37. The Balaban J connectivity index is 2.71. The Morgan fingerprint density at radius 3 is 2.94 bits per heavy atom. The Bertz CT molecular complexity index is 659. The maximum Gasteiger partial charge on any atom is 0.420 e. The second-order valence-electron chi connectivity index (χ2n) is 3.10. The summed E-state index contributed by atoms with van der Waals surface area (Å²) < 4.78 is 5.98. The topological polar surface area (TPSA) is 96.2 Å². The van der Waals surface area contributed by atoms with Gasteiger partial charge in [0.05, 0.1) is 17.1 Å². The van der Waals surface area contributed by atoms with Crippen molar-refractivity contribution in [3.05, 3.63) is 34.3 Å². The third-order valence-electron chi connectivity index (χ3n) is 2.14. The summed E-state index contributed by atoms with van der Waals surface area (Å²) in [7, 11) is 0. The van der Waals surface area contributed by atoms with Gasteiger partial charge in [0.25, 0.3) is 0 Å². The summed E-state index contributed by atoms with van der Waals surface area (Å²) in [5.41, 5.74) is 0.613. The molecule has 0 unspecified atom stereocenters. The third-order valence-corrected chi connectivity index (χ3v) is 2.14. The number of nitrogens with zero attached hydrogens (tertiary/aromatic N) is 2. The molecule has 0 spiro atoms. The average molecular weight is 218 g/mol. The van der Waals surface area contributed by atoms with Gasteiger partial charge in [0, 0.05) is 0 Å². The lowest BCUT2D eigenvalue weighted by Crippen LogP contribution is -2.12. The molecule has 2 rings (SSSR count). The molecule has 0 fully saturated rings. The summed E-state index contributed by atoms with van der Waals surface area (Å²) in [5.74, 6) is -1.77. The largest absolute Gasteiger partial charge is 0.478 e. The molecule has 1 aromatic heterocycles. The van der Waals surface area contributed by atoms with Crippen LogP contribution >= 0.6 is 0 Å². The van der Waals surface area contributed by atoms with Gasteiger partial charge in [0.2, 0.25) is 0 Å². The van der Waals surface area contributed by atoms with E-state index in [9.17, 15) is 9.59 Å². The number of aromatic nitrogens is 1. The van der Waals surface area contributed by atoms with E-state index in [1.54, 1.807) is 0 Å². The SMILES string of the molecule is N#CCn1c(=O)oc2cc(C(=O)O)ccc21. The number of benzene rings is 1. The Kier molecular flexibility index (Phi) is 2.21. The quantitative estimate of drug-likeness (QED) is 0.804. The zero-order chi connectivity index (χ0) is 11.7. The normalized spacial score (nSPS) is 10.2. The van der Waals surface area contributed by atoms with Crippen LogP contribution in [0, 0.1) is 11.3 Å². The molecule has 0 atom stereocenters. The van der Waals surface area contributed by atoms with Crippen LogP contribution in [0.3, 0.4) is 0 Å². The molecule has 0 aliphatic carbocycles. The highest BCUT2D eigenvalue weighted by Crippen LogP contribution is 2.14. The summed E-state index contributed by atoms with van der Waals surface area (Å²) in [6.45, 7) is -0.127. The Morgan fingerprint density at radius 2 is 2.31 bits per heavy atom. The summed E-state index contributed by atoms with van der Waals surface area (Å²) in [5, 5.41) is 17.3. The number of carboxylic acid groups (broad SMARTS) is 1. The lowest BCUT2D eigenvalue weighted by molar-refractivity contribution is 0.0697. The number of oxazole rings is 1. The molecule has 0 saturated heterocycles. The van der Waals surface area contributed by atoms with Crippen molar-refractivity contribution in [2.24, 2.45) is 0 Å². The van der Waals surface area contributed by atoms with Gasteiger partial charge in [-0.05, 0) is 18.2 Å². The number of carbonyl (C=O) groups is 1. The van der Waals surface area contributed by atoms with E-state index in [-0.39, 0.29) is 17.7 Å². The van der Waals surface area contributed by atoms with E-state index in [0.717, 1.165) is 4.57 Å². The Hall–Kier alpha value is -2.55. The van der Waals surface area contributed by atoms with Crippen LogP contribution in [0.1, 0.15) is 10.4 Å². The number of nitriles is 1. The molecule has 16 heavy (non-hydrogen) atoms. The summed E-state index contributed by atoms with van der Waals surface area (Å²) in [6.07, 6.45) is 0. The molecular formula is C10H6N2O4. The molecule has 6 nitrogen and oxygen atoms in total. The highest BCUT2D eigenvalue weighted by molar-refractivity contribution is 5.91. The van der Waals surface area contributed by atoms with Gasteiger partial charge in [-0.1, -0.05) is 0 Å².